The highest BCUT2D eigenvalue weighted by Gasteiger charge is 2.52. The largest absolute Gasteiger partial charge is 0.339 e. The van der Waals surface area contributed by atoms with Gasteiger partial charge in [0.25, 0.3) is 5.91 Å². The monoisotopic (exact) mass is 680 g/mol. The van der Waals surface area contributed by atoms with Crippen LogP contribution in [0.1, 0.15) is 68.9 Å². The first-order valence-corrected chi connectivity index (χ1v) is 19.4. The molecule has 0 radical (unpaired) electrons. The molecule has 1 atom stereocenters. The molecule has 2 aromatic heterocycles. The number of carbonyl (C=O) groups is 1. The standard InChI is InChI=1S/C37H53FN6O3S/c1-24(2)37(6,29-16-31(17-29)41-11-13-43(14-12-41)48(8,46)47)42-21-27(22-42)15-28-23-44(34-20-39-19-26(5)35(28)34)33-10-9-30(38)18-32(33)36(45)40(7)25(3)4/h9-10,18-20,23-25,27,29,31H,11-17,21-22H2,1-8H3/t29-,31+,37-/m0/s1. The highest BCUT2D eigenvalue weighted by Crippen LogP contribution is 2.48. The quantitative estimate of drug-likeness (QED) is 0.293. The number of hydrogen-bond donors (Lipinski definition) is 0. The number of rotatable bonds is 10. The van der Waals surface area contributed by atoms with Gasteiger partial charge in [-0.25, -0.2) is 12.8 Å². The Balaban J connectivity index is 1.17. The van der Waals surface area contributed by atoms with Crippen molar-refractivity contribution in [3.05, 3.63) is 59.3 Å². The van der Waals surface area contributed by atoms with Gasteiger partial charge in [0.05, 0.1) is 29.2 Å². The third kappa shape index (κ3) is 6.32. The zero-order valence-corrected chi connectivity index (χ0v) is 30.7. The lowest BCUT2D eigenvalue weighted by molar-refractivity contribution is -0.109. The zero-order chi connectivity index (χ0) is 34.7. The molecule has 1 saturated carbocycles. The number of aryl methyl sites for hydroxylation is 1. The van der Waals surface area contributed by atoms with Crippen LogP contribution in [0.5, 0.6) is 0 Å². The van der Waals surface area contributed by atoms with Crippen molar-refractivity contribution in [2.75, 3.05) is 52.6 Å². The summed E-state index contributed by atoms with van der Waals surface area (Å²) in [7, 11) is -1.36. The van der Waals surface area contributed by atoms with Gasteiger partial charge in [0.2, 0.25) is 10.0 Å². The number of likely N-dealkylation sites (tertiary alicyclic amines) is 1. The number of sulfonamides is 1. The van der Waals surface area contributed by atoms with Gasteiger partial charge in [-0.1, -0.05) is 13.8 Å². The maximum Gasteiger partial charge on any atom is 0.256 e. The molecule has 3 aromatic rings. The number of amides is 1. The van der Waals surface area contributed by atoms with E-state index in [9.17, 15) is 17.6 Å². The van der Waals surface area contributed by atoms with Crippen molar-refractivity contribution in [1.82, 2.24) is 28.6 Å². The summed E-state index contributed by atoms with van der Waals surface area (Å²) in [5.41, 5.74) is 4.38. The van der Waals surface area contributed by atoms with E-state index in [0.29, 0.717) is 48.1 Å². The first kappa shape index (κ1) is 35.0. The summed E-state index contributed by atoms with van der Waals surface area (Å²) in [6.07, 6.45) is 10.5. The lowest BCUT2D eigenvalue weighted by Crippen LogP contribution is -2.68. The van der Waals surface area contributed by atoms with E-state index in [1.165, 1.54) is 36.8 Å². The maximum absolute atomic E-state index is 14.5. The minimum absolute atomic E-state index is 0.0175. The number of pyridine rings is 1. The van der Waals surface area contributed by atoms with Crippen LogP contribution in [-0.2, 0) is 16.4 Å². The lowest BCUT2D eigenvalue weighted by atomic mass is 9.62. The fourth-order valence-corrected chi connectivity index (χ4v) is 9.20. The third-order valence-electron chi connectivity index (χ3n) is 12.0. The van der Waals surface area contributed by atoms with Crippen molar-refractivity contribution in [3.63, 3.8) is 0 Å². The second-order valence-corrected chi connectivity index (χ2v) is 17.4. The van der Waals surface area contributed by atoms with Crippen molar-refractivity contribution in [1.29, 1.82) is 0 Å². The summed E-state index contributed by atoms with van der Waals surface area (Å²) in [4.78, 5) is 24.9. The van der Waals surface area contributed by atoms with Crippen LogP contribution in [0.3, 0.4) is 0 Å². The molecule has 0 unspecified atom stereocenters. The Morgan fingerprint density at radius 3 is 2.35 bits per heavy atom. The molecule has 48 heavy (non-hydrogen) atoms. The Hall–Kier alpha value is -2.86. The fraction of sp³-hybridized carbons (Fsp3) is 0.622. The molecule has 1 aliphatic carbocycles. The molecule has 0 spiro atoms. The van der Waals surface area contributed by atoms with Gasteiger partial charge in [0, 0.05) is 81.7 Å². The molecule has 3 aliphatic rings. The summed E-state index contributed by atoms with van der Waals surface area (Å²) >= 11 is 0. The van der Waals surface area contributed by atoms with Crippen LogP contribution in [0.25, 0.3) is 16.6 Å². The molecule has 1 aromatic carbocycles. The van der Waals surface area contributed by atoms with Gasteiger partial charge in [-0.3, -0.25) is 19.6 Å². The number of aromatic nitrogens is 2. The summed E-state index contributed by atoms with van der Waals surface area (Å²) in [5.74, 6) is 1.00. The summed E-state index contributed by atoms with van der Waals surface area (Å²) in [6, 6.07) is 5.00. The average molecular weight is 681 g/mol. The maximum atomic E-state index is 14.5. The molecule has 2 saturated heterocycles. The number of halogens is 1. The highest BCUT2D eigenvalue weighted by atomic mass is 32.2. The Labute approximate surface area is 286 Å². The zero-order valence-electron chi connectivity index (χ0n) is 29.9. The third-order valence-corrected chi connectivity index (χ3v) is 13.3. The minimum atomic E-state index is -3.12. The van der Waals surface area contributed by atoms with E-state index >= 15 is 0 Å². The number of fused-ring (bicyclic) bond motifs is 1. The molecule has 1 amide bonds. The van der Waals surface area contributed by atoms with E-state index in [4.69, 9.17) is 0 Å². The molecule has 262 valence electrons. The second kappa shape index (κ2) is 13.1. The molecule has 9 nitrogen and oxygen atoms in total. The van der Waals surface area contributed by atoms with Crippen molar-refractivity contribution in [3.8, 4) is 5.69 Å². The van der Waals surface area contributed by atoms with Crippen LogP contribution in [0.2, 0.25) is 0 Å². The van der Waals surface area contributed by atoms with E-state index in [1.807, 2.05) is 30.8 Å². The molecule has 6 rings (SSSR count). The lowest BCUT2D eigenvalue weighted by Gasteiger charge is -2.61. The molecule has 4 heterocycles. The number of nitrogens with zero attached hydrogens (tertiary/aromatic N) is 6. The predicted octanol–water partition coefficient (Wildman–Crippen LogP) is 5.20. The number of piperazine rings is 1. The Morgan fingerprint density at radius 1 is 1.08 bits per heavy atom. The van der Waals surface area contributed by atoms with Crippen LogP contribution in [0.15, 0.2) is 36.8 Å². The highest BCUT2D eigenvalue weighted by molar-refractivity contribution is 7.88. The minimum Gasteiger partial charge on any atom is -0.339 e. The van der Waals surface area contributed by atoms with Gasteiger partial charge >= 0.3 is 0 Å². The summed E-state index contributed by atoms with van der Waals surface area (Å²) < 4.78 is 42.1. The molecule has 0 bridgehead atoms. The van der Waals surface area contributed by atoms with Gasteiger partial charge in [-0.15, -0.1) is 0 Å². The first-order chi connectivity index (χ1) is 22.6. The van der Waals surface area contributed by atoms with Gasteiger partial charge in [0.15, 0.2) is 0 Å². The van der Waals surface area contributed by atoms with Crippen LogP contribution >= 0.6 is 0 Å². The molecular weight excluding hydrogens is 628 g/mol. The van der Waals surface area contributed by atoms with E-state index in [0.717, 1.165) is 49.1 Å². The van der Waals surface area contributed by atoms with E-state index < -0.39 is 15.8 Å². The summed E-state index contributed by atoms with van der Waals surface area (Å²) in [6.45, 7) is 18.1. The molecule has 11 heteroatoms. The van der Waals surface area contributed by atoms with Crippen molar-refractivity contribution < 1.29 is 17.6 Å². The van der Waals surface area contributed by atoms with Crippen LogP contribution in [0, 0.1) is 30.5 Å². The van der Waals surface area contributed by atoms with Crippen LogP contribution in [0.4, 0.5) is 4.39 Å². The Morgan fingerprint density at radius 2 is 1.75 bits per heavy atom. The summed E-state index contributed by atoms with van der Waals surface area (Å²) in [5, 5.41) is 1.16. The number of hydrogen-bond acceptors (Lipinski definition) is 6. The molecule has 0 N–H and O–H groups in total. The Kier molecular flexibility index (Phi) is 9.56. The van der Waals surface area contributed by atoms with Crippen LogP contribution in [-0.4, -0.2) is 113 Å². The van der Waals surface area contributed by atoms with Gasteiger partial charge < -0.3 is 9.47 Å². The number of benzene rings is 1. The predicted molar refractivity (Wildman–Crippen MR) is 190 cm³/mol. The topological polar surface area (TPSA) is 82.0 Å². The van der Waals surface area contributed by atoms with E-state index in [2.05, 4.69) is 48.7 Å². The Bertz CT molecular complexity index is 1770. The fourth-order valence-electron chi connectivity index (χ4n) is 8.37. The van der Waals surface area contributed by atoms with Gasteiger partial charge in [0.1, 0.15) is 5.82 Å². The second-order valence-electron chi connectivity index (χ2n) is 15.4. The molecule has 2 aliphatic heterocycles. The van der Waals surface area contributed by atoms with Crippen LogP contribution < -0.4 is 0 Å². The van der Waals surface area contributed by atoms with Crippen molar-refractivity contribution in [2.45, 2.75) is 78.4 Å². The van der Waals surface area contributed by atoms with Gasteiger partial charge in [-0.05, 0) is 94.0 Å². The van der Waals surface area contributed by atoms with E-state index in [1.54, 1.807) is 22.3 Å². The molecular formula is C37H53FN6O3S. The van der Waals surface area contributed by atoms with E-state index in [-0.39, 0.29) is 17.5 Å². The smallest absolute Gasteiger partial charge is 0.256 e. The first-order valence-electron chi connectivity index (χ1n) is 17.5. The number of carbonyl (C=O) groups excluding carboxylic acids is 1. The molecule has 3 fully saturated rings. The van der Waals surface area contributed by atoms with Crippen molar-refractivity contribution >= 4 is 26.8 Å². The average Bonchev–Trinajstić information content (AvgIpc) is 3.36. The SMILES string of the molecule is Cc1cncc2c1c(CC1CN([C@@](C)(C(C)C)[C@H]3C[C@@H](N4CCN(S(C)(=O)=O)CC4)C3)C1)cn2-c1ccc(F)cc1C(=O)N(C)C(C)C. The van der Waals surface area contributed by atoms with Gasteiger partial charge in [-0.2, -0.15) is 4.31 Å². The normalized spacial score (nSPS) is 23.0. The van der Waals surface area contributed by atoms with Crippen molar-refractivity contribution in [2.24, 2.45) is 17.8 Å².